The number of benzene rings is 1. The predicted molar refractivity (Wildman–Crippen MR) is 82.8 cm³/mol. The van der Waals surface area contributed by atoms with E-state index in [2.05, 4.69) is 31.9 Å². The highest BCUT2D eigenvalue weighted by Gasteiger charge is 2.32. The summed E-state index contributed by atoms with van der Waals surface area (Å²) in [5.74, 6) is -0.398. The summed E-state index contributed by atoms with van der Waals surface area (Å²) < 4.78 is 1.84. The molecule has 0 fully saturated rings. The maximum atomic E-state index is 12.2. The van der Waals surface area contributed by atoms with Crippen molar-refractivity contribution in [3.8, 4) is 0 Å². The van der Waals surface area contributed by atoms with Crippen molar-refractivity contribution in [2.75, 3.05) is 0 Å². The van der Waals surface area contributed by atoms with Gasteiger partial charge in [-0.15, -0.1) is 11.3 Å². The molecule has 19 heavy (non-hydrogen) atoms. The Labute approximate surface area is 130 Å². The van der Waals surface area contributed by atoms with Crippen molar-refractivity contribution in [1.29, 1.82) is 0 Å². The van der Waals surface area contributed by atoms with Crippen LogP contribution >= 0.6 is 43.2 Å². The van der Waals surface area contributed by atoms with Crippen LogP contribution in [0.5, 0.6) is 0 Å². The van der Waals surface area contributed by atoms with Gasteiger partial charge in [0, 0.05) is 16.7 Å². The van der Waals surface area contributed by atoms with E-state index in [0.29, 0.717) is 11.1 Å². The van der Waals surface area contributed by atoms with Gasteiger partial charge in [-0.05, 0) is 44.0 Å². The molecule has 1 aromatic carbocycles. The number of hydrogen-bond acceptors (Lipinski definition) is 3. The lowest BCUT2D eigenvalue weighted by Gasteiger charge is -1.93. The lowest BCUT2D eigenvalue weighted by Crippen LogP contribution is -1.99. The highest BCUT2D eigenvalue weighted by atomic mass is 79.9. The second-order valence-corrected chi connectivity index (χ2v) is 7.79. The van der Waals surface area contributed by atoms with Crippen LogP contribution < -0.4 is 0 Å². The summed E-state index contributed by atoms with van der Waals surface area (Å²) in [5.41, 5.74) is 2.04. The molecule has 1 heterocycles. The molecule has 1 aromatic heterocycles. The molecule has 1 aliphatic rings. The van der Waals surface area contributed by atoms with Crippen LogP contribution in [0.1, 0.15) is 26.3 Å². The number of carbonyl (C=O) groups is 2. The Morgan fingerprint density at radius 2 is 1.58 bits per heavy atom. The van der Waals surface area contributed by atoms with Crippen molar-refractivity contribution in [2.45, 2.75) is 0 Å². The smallest absolute Gasteiger partial charge is 0.197 e. The summed E-state index contributed by atoms with van der Waals surface area (Å²) in [6.07, 6.45) is 1.65. The van der Waals surface area contributed by atoms with Gasteiger partial charge in [0.2, 0.25) is 0 Å². The number of halogens is 2. The van der Waals surface area contributed by atoms with Crippen molar-refractivity contribution in [3.63, 3.8) is 0 Å². The number of thiophene rings is 1. The Kier molecular flexibility index (Phi) is 3.28. The van der Waals surface area contributed by atoms with Crippen LogP contribution in [0.2, 0.25) is 0 Å². The van der Waals surface area contributed by atoms with E-state index < -0.39 is 0 Å². The molecule has 0 saturated carbocycles. The maximum Gasteiger partial charge on any atom is 0.197 e. The van der Waals surface area contributed by atoms with Crippen LogP contribution in [0.25, 0.3) is 6.08 Å². The fourth-order valence-corrected chi connectivity index (χ4v) is 4.74. The molecule has 0 unspecified atom stereocenters. The minimum absolute atomic E-state index is 0.199. The Morgan fingerprint density at radius 1 is 1.00 bits per heavy atom. The Bertz CT molecular complexity index is 707. The summed E-state index contributed by atoms with van der Waals surface area (Å²) in [5, 5.41) is 0. The van der Waals surface area contributed by atoms with Gasteiger partial charge >= 0.3 is 0 Å². The zero-order chi connectivity index (χ0) is 13.6. The molecule has 3 rings (SSSR count). The molecule has 0 saturated heterocycles. The van der Waals surface area contributed by atoms with E-state index in [1.165, 1.54) is 11.3 Å². The number of fused-ring (bicyclic) bond motifs is 1. The second kappa shape index (κ2) is 4.81. The van der Waals surface area contributed by atoms with Crippen molar-refractivity contribution >= 4 is 60.8 Å². The lowest BCUT2D eigenvalue weighted by molar-refractivity contribution is 0.0990. The summed E-state index contributed by atoms with van der Waals surface area (Å²) in [6, 6.07) is 8.80. The minimum Gasteiger partial charge on any atom is -0.288 e. The van der Waals surface area contributed by atoms with Crippen LogP contribution in [-0.4, -0.2) is 11.6 Å². The van der Waals surface area contributed by atoms with Crippen LogP contribution in [0, 0.1) is 0 Å². The summed E-state index contributed by atoms with van der Waals surface area (Å²) in [7, 11) is 0. The molecule has 0 bridgehead atoms. The summed E-state index contributed by atoms with van der Waals surface area (Å²) in [4.78, 5) is 24.4. The van der Waals surface area contributed by atoms with E-state index in [1.807, 2.05) is 6.07 Å². The molecule has 2 aromatic rings. The molecule has 0 spiro atoms. The van der Waals surface area contributed by atoms with E-state index in [0.717, 1.165) is 13.1 Å². The molecule has 1 aliphatic carbocycles. The largest absolute Gasteiger partial charge is 0.288 e. The van der Waals surface area contributed by atoms with Gasteiger partial charge in [-0.25, -0.2) is 0 Å². The van der Waals surface area contributed by atoms with Gasteiger partial charge in [-0.1, -0.05) is 24.3 Å². The normalized spacial score (nSPS) is 13.9. The summed E-state index contributed by atoms with van der Waals surface area (Å²) in [6.45, 7) is 0. The minimum atomic E-state index is -0.199. The average molecular weight is 398 g/mol. The zero-order valence-electron chi connectivity index (χ0n) is 9.44. The zero-order valence-corrected chi connectivity index (χ0v) is 13.4. The number of hydrogen-bond donors (Lipinski definition) is 0. The van der Waals surface area contributed by atoms with Crippen LogP contribution in [0.4, 0.5) is 0 Å². The number of Topliss-reactive ketones (excluding diaryl/α,β-unsaturated/α-hetero) is 2. The van der Waals surface area contributed by atoms with Gasteiger partial charge in [0.1, 0.15) is 0 Å². The van der Waals surface area contributed by atoms with E-state index >= 15 is 0 Å². The first-order valence-electron chi connectivity index (χ1n) is 5.43. The van der Waals surface area contributed by atoms with E-state index in [1.54, 1.807) is 30.3 Å². The quantitative estimate of drug-likeness (QED) is 0.514. The van der Waals surface area contributed by atoms with E-state index in [-0.39, 0.29) is 17.1 Å². The first-order valence-corrected chi connectivity index (χ1v) is 7.83. The van der Waals surface area contributed by atoms with Crippen LogP contribution in [0.3, 0.4) is 0 Å². The molecule has 0 N–H and O–H groups in total. The highest BCUT2D eigenvalue weighted by Crippen LogP contribution is 2.35. The topological polar surface area (TPSA) is 34.1 Å². The monoisotopic (exact) mass is 396 g/mol. The molecule has 0 aliphatic heterocycles. The predicted octanol–water partition coefficient (Wildman–Crippen LogP) is 4.74. The van der Waals surface area contributed by atoms with E-state index in [9.17, 15) is 9.59 Å². The summed E-state index contributed by atoms with van der Waals surface area (Å²) >= 11 is 8.31. The first-order chi connectivity index (χ1) is 9.08. The molecule has 94 valence electrons. The fourth-order valence-electron chi connectivity index (χ4n) is 2.01. The van der Waals surface area contributed by atoms with Crippen molar-refractivity contribution in [1.82, 2.24) is 0 Å². The fraction of sp³-hybridized carbons (Fsp3) is 0. The van der Waals surface area contributed by atoms with Gasteiger partial charge in [0.15, 0.2) is 11.6 Å². The number of allylic oxidation sites excluding steroid dienone is 1. The van der Waals surface area contributed by atoms with Crippen molar-refractivity contribution in [3.05, 3.63) is 60.2 Å². The third-order valence-corrected chi connectivity index (χ3v) is 5.27. The Balaban J connectivity index is 2.12. The van der Waals surface area contributed by atoms with Gasteiger partial charge < -0.3 is 0 Å². The molecule has 0 atom stereocenters. The van der Waals surface area contributed by atoms with Gasteiger partial charge in [0.05, 0.1) is 13.1 Å². The lowest BCUT2D eigenvalue weighted by atomic mass is 10.1. The highest BCUT2D eigenvalue weighted by molar-refractivity contribution is 9.12. The third kappa shape index (κ3) is 2.16. The molecule has 0 radical (unpaired) electrons. The number of carbonyl (C=O) groups excluding carboxylic acids is 2. The SMILES string of the molecule is O=C1C(=Cc2cc(Br)sc2Br)C(=O)c2ccccc21. The van der Waals surface area contributed by atoms with Gasteiger partial charge in [-0.3, -0.25) is 9.59 Å². The van der Waals surface area contributed by atoms with Crippen molar-refractivity contribution in [2.24, 2.45) is 0 Å². The number of rotatable bonds is 1. The van der Waals surface area contributed by atoms with E-state index in [4.69, 9.17) is 0 Å². The third-order valence-electron chi connectivity index (χ3n) is 2.89. The van der Waals surface area contributed by atoms with Crippen LogP contribution in [-0.2, 0) is 0 Å². The number of ketones is 2. The first kappa shape index (κ1) is 13.0. The molecule has 0 amide bonds. The molecule has 5 heteroatoms. The maximum absolute atomic E-state index is 12.2. The standard InChI is InChI=1S/C14H6Br2O2S/c15-11-6-7(14(16)19-11)5-10-12(17)8-3-1-2-4-9(8)13(10)18/h1-6H. The molecular formula is C14H6Br2O2S. The van der Waals surface area contributed by atoms with Crippen molar-refractivity contribution < 1.29 is 9.59 Å². The van der Waals surface area contributed by atoms with Crippen LogP contribution in [0.15, 0.2) is 43.5 Å². The van der Waals surface area contributed by atoms with Gasteiger partial charge in [0.25, 0.3) is 0 Å². The van der Waals surface area contributed by atoms with Gasteiger partial charge in [-0.2, -0.15) is 0 Å². The molecule has 2 nitrogen and oxygen atoms in total. The Morgan fingerprint density at radius 3 is 2.05 bits per heavy atom. The Hall–Kier alpha value is -1.04. The average Bonchev–Trinajstić information content (AvgIpc) is 2.83. The molecular weight excluding hydrogens is 392 g/mol. The second-order valence-electron chi connectivity index (χ2n) is 4.04.